The summed E-state index contributed by atoms with van der Waals surface area (Å²) in [5.74, 6) is 0.666. The molecule has 0 aliphatic heterocycles. The van der Waals surface area contributed by atoms with Gasteiger partial charge in [0.15, 0.2) is 0 Å². The number of benzene rings is 2. The van der Waals surface area contributed by atoms with E-state index < -0.39 is 0 Å². The van der Waals surface area contributed by atoms with Crippen molar-refractivity contribution < 1.29 is 0 Å². The van der Waals surface area contributed by atoms with Crippen LogP contribution in [-0.4, -0.2) is 32.5 Å². The average Bonchev–Trinajstić information content (AvgIpc) is 3.37. The number of nitrogens with one attached hydrogen (secondary N) is 2. The molecule has 3 saturated carbocycles. The zero-order valence-corrected chi connectivity index (χ0v) is 19.5. The standard InChI is InChI=1S/C28H32N6/c29-24-19-23(25-26(31-24)33-34-32-25)22(20-7-3-1-4-8-20)11-18-30-28-15-12-27(13-16-28,14-17-28)21-9-5-2-6-10-21/h1-10,19,22,30H,11-18H2,(H3,29,31,32,33,34)/t22-,27?,28?/m1/s1. The number of anilines is 1. The Morgan fingerprint density at radius 3 is 2.26 bits per heavy atom. The molecule has 3 aliphatic rings. The van der Waals surface area contributed by atoms with Crippen LogP contribution in [0.15, 0.2) is 66.7 Å². The number of hydrogen-bond acceptors (Lipinski definition) is 5. The van der Waals surface area contributed by atoms with Gasteiger partial charge in [-0.1, -0.05) is 60.7 Å². The van der Waals surface area contributed by atoms with Gasteiger partial charge in [-0.25, -0.2) is 4.98 Å². The second kappa shape index (κ2) is 8.51. The lowest BCUT2D eigenvalue weighted by atomic mass is 9.55. The molecule has 3 aliphatic carbocycles. The van der Waals surface area contributed by atoms with E-state index in [0.717, 1.165) is 24.0 Å². The topological polar surface area (TPSA) is 92.5 Å². The molecule has 34 heavy (non-hydrogen) atoms. The number of pyridine rings is 1. The first-order valence-corrected chi connectivity index (χ1v) is 12.5. The summed E-state index contributed by atoms with van der Waals surface area (Å²) in [4.78, 5) is 4.34. The van der Waals surface area contributed by atoms with Crippen molar-refractivity contribution >= 4 is 17.0 Å². The molecule has 0 unspecified atom stereocenters. The third-order valence-electron chi connectivity index (χ3n) is 8.48. The van der Waals surface area contributed by atoms with E-state index in [0.29, 0.717) is 16.9 Å². The van der Waals surface area contributed by atoms with Crippen molar-refractivity contribution in [1.82, 2.24) is 25.7 Å². The molecule has 6 nitrogen and oxygen atoms in total. The van der Waals surface area contributed by atoms with E-state index in [4.69, 9.17) is 5.73 Å². The maximum Gasteiger partial charge on any atom is 0.203 e. The number of nitrogen functional groups attached to an aromatic ring is 1. The fraction of sp³-hybridized carbons (Fsp3) is 0.393. The Labute approximate surface area is 200 Å². The Morgan fingerprint density at radius 2 is 1.56 bits per heavy atom. The summed E-state index contributed by atoms with van der Waals surface area (Å²) in [5.41, 5.74) is 12.1. The monoisotopic (exact) mass is 452 g/mol. The summed E-state index contributed by atoms with van der Waals surface area (Å²) in [6, 6.07) is 23.8. The van der Waals surface area contributed by atoms with Crippen LogP contribution in [-0.2, 0) is 5.41 Å². The van der Waals surface area contributed by atoms with Gasteiger partial charge in [-0.3, -0.25) is 0 Å². The number of aromatic nitrogens is 4. The van der Waals surface area contributed by atoms with Gasteiger partial charge in [0.05, 0.1) is 0 Å². The minimum absolute atomic E-state index is 0.179. The number of H-pyrrole nitrogens is 1. The Bertz CT molecular complexity index is 1240. The Morgan fingerprint density at radius 1 is 0.882 bits per heavy atom. The Kier molecular flexibility index (Phi) is 5.33. The summed E-state index contributed by atoms with van der Waals surface area (Å²) in [6.07, 6.45) is 8.60. The fourth-order valence-electron chi connectivity index (χ4n) is 6.49. The van der Waals surface area contributed by atoms with Gasteiger partial charge in [-0.15, -0.1) is 5.10 Å². The highest BCUT2D eigenvalue weighted by Crippen LogP contribution is 2.53. The first kappa shape index (κ1) is 21.3. The summed E-state index contributed by atoms with van der Waals surface area (Å²) >= 11 is 0. The molecule has 0 amide bonds. The maximum absolute atomic E-state index is 6.15. The Balaban J connectivity index is 1.20. The molecule has 2 aromatic carbocycles. The van der Waals surface area contributed by atoms with Crippen LogP contribution in [0, 0.1) is 0 Å². The lowest BCUT2D eigenvalue weighted by Gasteiger charge is -2.54. The lowest BCUT2D eigenvalue weighted by Crippen LogP contribution is -2.56. The van der Waals surface area contributed by atoms with Crippen molar-refractivity contribution in [2.75, 3.05) is 12.3 Å². The minimum Gasteiger partial charge on any atom is -0.384 e. The lowest BCUT2D eigenvalue weighted by molar-refractivity contribution is 0.0770. The molecule has 4 N–H and O–H groups in total. The molecule has 0 radical (unpaired) electrons. The minimum atomic E-state index is 0.179. The smallest absolute Gasteiger partial charge is 0.203 e. The SMILES string of the molecule is Nc1cc([C@H](CCNC23CCC(c4ccccc4)(CC2)CC3)c2ccccc2)c2n[nH]nc2n1. The molecular formula is C28H32N6. The van der Waals surface area contributed by atoms with Gasteiger partial charge in [0, 0.05) is 11.5 Å². The van der Waals surface area contributed by atoms with Crippen LogP contribution in [0.2, 0.25) is 0 Å². The van der Waals surface area contributed by atoms with E-state index in [1.165, 1.54) is 44.1 Å². The highest BCUT2D eigenvalue weighted by molar-refractivity contribution is 5.77. The van der Waals surface area contributed by atoms with Crippen molar-refractivity contribution in [1.29, 1.82) is 0 Å². The molecule has 1 atom stereocenters. The summed E-state index contributed by atoms with van der Waals surface area (Å²) in [5, 5.41) is 15.3. The third kappa shape index (κ3) is 3.76. The largest absolute Gasteiger partial charge is 0.384 e. The van der Waals surface area contributed by atoms with Crippen LogP contribution < -0.4 is 11.1 Å². The third-order valence-corrected chi connectivity index (χ3v) is 8.48. The summed E-state index contributed by atoms with van der Waals surface area (Å²) < 4.78 is 0. The van der Waals surface area contributed by atoms with Crippen LogP contribution >= 0.6 is 0 Å². The van der Waals surface area contributed by atoms with E-state index in [-0.39, 0.29) is 11.5 Å². The molecule has 2 bridgehead atoms. The van der Waals surface area contributed by atoms with E-state index >= 15 is 0 Å². The first-order valence-electron chi connectivity index (χ1n) is 12.5. The highest BCUT2D eigenvalue weighted by Gasteiger charge is 2.48. The van der Waals surface area contributed by atoms with Crippen molar-refractivity contribution in [3.05, 3.63) is 83.4 Å². The van der Waals surface area contributed by atoms with Gasteiger partial charge >= 0.3 is 0 Å². The second-order valence-corrected chi connectivity index (χ2v) is 10.2. The highest BCUT2D eigenvalue weighted by atomic mass is 15.3. The average molecular weight is 453 g/mol. The van der Waals surface area contributed by atoms with Crippen LogP contribution in [0.4, 0.5) is 5.82 Å². The number of nitrogens with two attached hydrogens (primary N) is 1. The van der Waals surface area contributed by atoms with Crippen LogP contribution in [0.1, 0.15) is 67.6 Å². The predicted molar refractivity (Wildman–Crippen MR) is 136 cm³/mol. The van der Waals surface area contributed by atoms with E-state index in [2.05, 4.69) is 86.4 Å². The predicted octanol–water partition coefficient (Wildman–Crippen LogP) is 5.09. The molecule has 4 aromatic rings. The number of nitrogens with zero attached hydrogens (tertiary/aromatic N) is 3. The molecular weight excluding hydrogens is 420 g/mol. The number of hydrogen-bond donors (Lipinski definition) is 3. The molecule has 2 heterocycles. The zero-order valence-electron chi connectivity index (χ0n) is 19.5. The van der Waals surface area contributed by atoms with Crippen molar-refractivity contribution in [2.45, 2.75) is 61.8 Å². The first-order chi connectivity index (χ1) is 16.7. The zero-order chi connectivity index (χ0) is 23.0. The quantitative estimate of drug-likeness (QED) is 0.363. The van der Waals surface area contributed by atoms with Gasteiger partial charge < -0.3 is 11.1 Å². The van der Waals surface area contributed by atoms with Crippen LogP contribution in [0.5, 0.6) is 0 Å². The molecule has 3 fully saturated rings. The molecule has 6 heteroatoms. The molecule has 7 rings (SSSR count). The normalized spacial score (nSPS) is 24.9. The number of fused-ring (bicyclic) bond motifs is 4. The van der Waals surface area contributed by atoms with E-state index in [1.54, 1.807) is 5.56 Å². The number of aromatic amines is 1. The van der Waals surface area contributed by atoms with Gasteiger partial charge in [0.1, 0.15) is 11.3 Å². The summed E-state index contributed by atoms with van der Waals surface area (Å²) in [7, 11) is 0. The van der Waals surface area contributed by atoms with Crippen LogP contribution in [0.3, 0.4) is 0 Å². The molecule has 0 saturated heterocycles. The number of rotatable bonds is 7. The van der Waals surface area contributed by atoms with Crippen molar-refractivity contribution in [3.63, 3.8) is 0 Å². The van der Waals surface area contributed by atoms with Crippen molar-refractivity contribution in [2.24, 2.45) is 0 Å². The van der Waals surface area contributed by atoms with Crippen LogP contribution in [0.25, 0.3) is 11.2 Å². The van der Waals surface area contributed by atoms with E-state index in [1.807, 2.05) is 6.07 Å². The molecule has 0 spiro atoms. The van der Waals surface area contributed by atoms with E-state index in [9.17, 15) is 0 Å². The van der Waals surface area contributed by atoms with Gasteiger partial charge in [-0.05, 0) is 79.7 Å². The van der Waals surface area contributed by atoms with Gasteiger partial charge in [0.25, 0.3) is 0 Å². The summed E-state index contributed by atoms with van der Waals surface area (Å²) in [6.45, 7) is 0.958. The van der Waals surface area contributed by atoms with Gasteiger partial charge in [-0.2, -0.15) is 10.3 Å². The Hall–Kier alpha value is -3.25. The second-order valence-electron chi connectivity index (χ2n) is 10.2. The van der Waals surface area contributed by atoms with Gasteiger partial charge in [0.2, 0.25) is 5.65 Å². The molecule has 174 valence electrons. The van der Waals surface area contributed by atoms with Crippen molar-refractivity contribution in [3.8, 4) is 0 Å². The fourth-order valence-corrected chi connectivity index (χ4v) is 6.49. The molecule has 2 aromatic heterocycles. The maximum atomic E-state index is 6.15.